The van der Waals surface area contributed by atoms with E-state index < -0.39 is 26.5 Å². The molecule has 0 fully saturated rings. The first-order chi connectivity index (χ1) is 38.8. The maximum Gasteiger partial charge on any atom is 0.472 e. The summed E-state index contributed by atoms with van der Waals surface area (Å²) in [4.78, 5) is 35.3. The summed E-state index contributed by atoms with van der Waals surface area (Å²) in [5.74, 6) is -0.825. The highest BCUT2D eigenvalue weighted by Gasteiger charge is 2.26. The highest BCUT2D eigenvalue weighted by Crippen LogP contribution is 2.43. The zero-order valence-electron chi connectivity index (χ0n) is 51.3. The van der Waals surface area contributed by atoms with Crippen molar-refractivity contribution in [2.24, 2.45) is 5.73 Å². The van der Waals surface area contributed by atoms with E-state index in [4.69, 9.17) is 24.3 Å². The molecule has 0 aromatic heterocycles. The van der Waals surface area contributed by atoms with Crippen molar-refractivity contribution in [3.8, 4) is 0 Å². The van der Waals surface area contributed by atoms with Gasteiger partial charge in [-0.3, -0.25) is 18.6 Å². The van der Waals surface area contributed by atoms with Crippen LogP contribution in [0.25, 0.3) is 0 Å². The molecule has 0 aromatic rings. The van der Waals surface area contributed by atoms with E-state index >= 15 is 0 Å². The number of phosphoric ester groups is 1. The summed E-state index contributed by atoms with van der Waals surface area (Å²) in [6.45, 7) is 3.67. The fourth-order valence-corrected chi connectivity index (χ4v) is 10.2. The second-order valence-electron chi connectivity index (χ2n) is 22.0. The molecule has 10 heteroatoms. The Labute approximate surface area is 487 Å². The Morgan fingerprint density at radius 1 is 0.392 bits per heavy atom. The Kier molecular flexibility index (Phi) is 62.1. The molecule has 9 nitrogen and oxygen atoms in total. The van der Waals surface area contributed by atoms with Crippen molar-refractivity contribution >= 4 is 19.8 Å². The molecular formula is C69H124NO8P. The summed E-state index contributed by atoms with van der Waals surface area (Å²) in [6.07, 6.45) is 85.2. The van der Waals surface area contributed by atoms with Gasteiger partial charge in [0.15, 0.2) is 6.10 Å². The van der Waals surface area contributed by atoms with Crippen molar-refractivity contribution < 1.29 is 37.6 Å². The molecule has 0 spiro atoms. The molecule has 0 amide bonds. The number of hydrogen-bond acceptors (Lipinski definition) is 8. The van der Waals surface area contributed by atoms with Crippen molar-refractivity contribution in [1.82, 2.24) is 0 Å². The fourth-order valence-electron chi connectivity index (χ4n) is 9.44. The minimum atomic E-state index is -4.40. The lowest BCUT2D eigenvalue weighted by atomic mass is 10.0. The van der Waals surface area contributed by atoms with E-state index in [1.54, 1.807) is 0 Å². The van der Waals surface area contributed by atoms with Crippen LogP contribution in [0.3, 0.4) is 0 Å². The summed E-state index contributed by atoms with van der Waals surface area (Å²) in [5.41, 5.74) is 5.40. The van der Waals surface area contributed by atoms with Gasteiger partial charge < -0.3 is 20.1 Å². The molecule has 0 aliphatic carbocycles. The molecule has 0 aliphatic rings. The number of nitrogens with two attached hydrogens (primary N) is 1. The molecule has 0 bridgehead atoms. The maximum atomic E-state index is 12.7. The van der Waals surface area contributed by atoms with Crippen molar-refractivity contribution in [3.63, 3.8) is 0 Å². The standard InChI is InChI=1S/C69H124NO8P/c1-3-5-7-9-11-13-15-17-19-21-23-25-27-29-31-32-33-34-36-38-40-42-44-46-48-50-52-54-56-58-60-62-69(72)78-67(66-77-79(73,74)76-64-63-70)65-75-68(71)61-59-57-55-53-51-49-47-45-43-41-39-37-35-30-28-26-24-22-20-18-16-14-12-10-8-6-4-2/h5,7,11,13,17,19,23,25,29,31,33-34,38,40,67H,3-4,6,8-10,12,14-16,18,20-22,24,26-28,30,32,35-37,39,41-66,70H2,1-2H3,(H,73,74)/b7-5-,13-11-,19-17-,25-23-,31-29-,34-33-,40-38-. The molecule has 79 heavy (non-hydrogen) atoms. The normalized spacial score (nSPS) is 13.5. The average Bonchev–Trinajstić information content (AvgIpc) is 3.44. The van der Waals surface area contributed by atoms with Crippen molar-refractivity contribution in [3.05, 3.63) is 85.1 Å². The van der Waals surface area contributed by atoms with Crippen LogP contribution in [0, 0.1) is 0 Å². The van der Waals surface area contributed by atoms with Crippen LogP contribution in [0.5, 0.6) is 0 Å². The lowest BCUT2D eigenvalue weighted by Crippen LogP contribution is -2.29. The first-order valence-electron chi connectivity index (χ1n) is 33.1. The number of allylic oxidation sites excluding steroid dienone is 14. The second-order valence-corrected chi connectivity index (χ2v) is 23.4. The zero-order valence-corrected chi connectivity index (χ0v) is 52.2. The van der Waals surface area contributed by atoms with E-state index in [9.17, 15) is 19.0 Å². The van der Waals surface area contributed by atoms with Crippen LogP contribution in [0.4, 0.5) is 0 Å². The van der Waals surface area contributed by atoms with Crippen LogP contribution >= 0.6 is 7.82 Å². The van der Waals surface area contributed by atoms with Gasteiger partial charge in [0.1, 0.15) is 6.61 Å². The topological polar surface area (TPSA) is 134 Å². The van der Waals surface area contributed by atoms with Crippen molar-refractivity contribution in [1.29, 1.82) is 0 Å². The van der Waals surface area contributed by atoms with Gasteiger partial charge in [0, 0.05) is 19.4 Å². The SMILES string of the molecule is CC/C=C\C/C=C\C/C=C\C/C=C\C/C=C\C/C=C\C/C=C\CCCCCCCCCCCC(=O)OC(COC(=O)CCCCCCCCCCCCCCCCCCCCCCCCCCCCC)COP(=O)(O)OCCN. The number of esters is 2. The Balaban J connectivity index is 3.93. The Morgan fingerprint density at radius 3 is 1.04 bits per heavy atom. The van der Waals surface area contributed by atoms with Gasteiger partial charge in [-0.05, 0) is 70.6 Å². The smallest absolute Gasteiger partial charge is 0.462 e. The Bertz CT molecular complexity index is 1570. The molecule has 0 rings (SSSR count). The van der Waals surface area contributed by atoms with Crippen LogP contribution in [-0.4, -0.2) is 49.3 Å². The Morgan fingerprint density at radius 2 is 0.696 bits per heavy atom. The minimum Gasteiger partial charge on any atom is -0.462 e. The highest BCUT2D eigenvalue weighted by molar-refractivity contribution is 7.47. The number of unbranched alkanes of at least 4 members (excludes halogenated alkanes) is 35. The van der Waals surface area contributed by atoms with Gasteiger partial charge in [0.25, 0.3) is 0 Å². The van der Waals surface area contributed by atoms with Gasteiger partial charge in [-0.2, -0.15) is 0 Å². The minimum absolute atomic E-state index is 0.0503. The van der Waals surface area contributed by atoms with Gasteiger partial charge in [0.05, 0.1) is 13.2 Å². The van der Waals surface area contributed by atoms with E-state index in [1.165, 1.54) is 186 Å². The number of ether oxygens (including phenoxy) is 2. The van der Waals surface area contributed by atoms with Crippen molar-refractivity contribution in [2.45, 2.75) is 315 Å². The monoisotopic (exact) mass is 1130 g/mol. The number of phosphoric acid groups is 1. The molecule has 0 aromatic carbocycles. The third-order valence-corrected chi connectivity index (χ3v) is 15.3. The third kappa shape index (κ3) is 64.2. The van der Waals surface area contributed by atoms with Crippen molar-refractivity contribution in [2.75, 3.05) is 26.4 Å². The summed E-state index contributed by atoms with van der Waals surface area (Å²) in [6, 6.07) is 0. The second kappa shape index (κ2) is 64.4. The molecule has 458 valence electrons. The summed E-state index contributed by atoms with van der Waals surface area (Å²) < 4.78 is 33.1. The molecule has 2 unspecified atom stereocenters. The maximum absolute atomic E-state index is 12.7. The van der Waals surface area contributed by atoms with Crippen LogP contribution in [0.1, 0.15) is 309 Å². The lowest BCUT2D eigenvalue weighted by molar-refractivity contribution is -0.161. The third-order valence-electron chi connectivity index (χ3n) is 14.3. The van der Waals surface area contributed by atoms with Crippen LogP contribution in [0.2, 0.25) is 0 Å². The lowest BCUT2D eigenvalue weighted by Gasteiger charge is -2.19. The van der Waals surface area contributed by atoms with Gasteiger partial charge in [0.2, 0.25) is 0 Å². The summed E-state index contributed by atoms with van der Waals surface area (Å²) in [7, 11) is -4.40. The van der Waals surface area contributed by atoms with E-state index in [0.29, 0.717) is 6.42 Å². The molecule has 0 saturated heterocycles. The predicted molar refractivity (Wildman–Crippen MR) is 339 cm³/mol. The van der Waals surface area contributed by atoms with Gasteiger partial charge in [-0.25, -0.2) is 4.57 Å². The number of rotatable bonds is 62. The van der Waals surface area contributed by atoms with E-state index in [2.05, 4.69) is 98.9 Å². The van der Waals surface area contributed by atoms with Crippen LogP contribution < -0.4 is 5.73 Å². The molecule has 3 N–H and O–H groups in total. The predicted octanol–water partition coefficient (Wildman–Crippen LogP) is 21.4. The highest BCUT2D eigenvalue weighted by atomic mass is 31.2. The number of carbonyl (C=O) groups excluding carboxylic acids is 2. The molecule has 2 atom stereocenters. The largest absolute Gasteiger partial charge is 0.472 e. The van der Waals surface area contributed by atoms with Gasteiger partial charge in [-0.1, -0.05) is 311 Å². The fraction of sp³-hybridized carbons (Fsp3) is 0.768. The quantitative estimate of drug-likeness (QED) is 0.0264. The summed E-state index contributed by atoms with van der Waals surface area (Å²) >= 11 is 0. The molecule has 0 heterocycles. The van der Waals surface area contributed by atoms with E-state index in [1.807, 2.05) is 0 Å². The molecule has 0 radical (unpaired) electrons. The Hall–Kier alpha value is -2.81. The summed E-state index contributed by atoms with van der Waals surface area (Å²) in [5, 5.41) is 0. The van der Waals surface area contributed by atoms with E-state index in [0.717, 1.165) is 89.9 Å². The van der Waals surface area contributed by atoms with Gasteiger partial charge >= 0.3 is 19.8 Å². The van der Waals surface area contributed by atoms with E-state index in [-0.39, 0.29) is 38.6 Å². The molecule has 0 aliphatic heterocycles. The molecule has 0 saturated carbocycles. The van der Waals surface area contributed by atoms with Crippen LogP contribution in [-0.2, 0) is 32.7 Å². The van der Waals surface area contributed by atoms with Crippen LogP contribution in [0.15, 0.2) is 85.1 Å². The number of carbonyl (C=O) groups is 2. The van der Waals surface area contributed by atoms with Gasteiger partial charge in [-0.15, -0.1) is 0 Å². The first-order valence-corrected chi connectivity index (χ1v) is 34.6. The first kappa shape index (κ1) is 76.2. The zero-order chi connectivity index (χ0) is 57.3. The molecular weight excluding hydrogens is 1000 g/mol. The number of hydrogen-bond donors (Lipinski definition) is 2. The average molecular weight is 1130 g/mol.